The van der Waals surface area contributed by atoms with Gasteiger partial charge < -0.3 is 4.74 Å². The van der Waals surface area contributed by atoms with E-state index >= 15 is 0 Å². The molecule has 9 aromatic rings. The van der Waals surface area contributed by atoms with Crippen LogP contribution in [0.3, 0.4) is 0 Å². The second kappa shape index (κ2) is 10.8. The molecule has 7 aromatic carbocycles. The lowest BCUT2D eigenvalue weighted by Gasteiger charge is -2.39. The zero-order chi connectivity index (χ0) is 33.5. The highest BCUT2D eigenvalue weighted by molar-refractivity contribution is 7.26. The van der Waals surface area contributed by atoms with Crippen molar-refractivity contribution in [2.75, 3.05) is 0 Å². The van der Waals surface area contributed by atoms with E-state index in [0.717, 1.165) is 60.9 Å². The van der Waals surface area contributed by atoms with Crippen molar-refractivity contribution in [2.45, 2.75) is 5.41 Å². The minimum absolute atomic E-state index is 0.606. The zero-order valence-corrected chi connectivity index (χ0v) is 28.2. The number of benzene rings is 7. The molecule has 51 heavy (non-hydrogen) atoms. The molecule has 2 aromatic heterocycles. The maximum atomic E-state index is 6.66. The fourth-order valence-corrected chi connectivity index (χ4v) is 9.51. The quantitative estimate of drug-likeness (QED) is 0.188. The lowest BCUT2D eigenvalue weighted by atomic mass is 9.65. The van der Waals surface area contributed by atoms with Gasteiger partial charge in [0.25, 0.3) is 0 Å². The second-order valence-corrected chi connectivity index (χ2v) is 14.3. The number of nitrogens with zero attached hydrogens (tertiary/aromatic N) is 2. The van der Waals surface area contributed by atoms with Gasteiger partial charge in [-0.3, -0.25) is 0 Å². The summed E-state index contributed by atoms with van der Waals surface area (Å²) in [5.41, 5.74) is 13.1. The van der Waals surface area contributed by atoms with Crippen LogP contribution in [0, 0.1) is 0 Å². The Morgan fingerprint density at radius 3 is 1.73 bits per heavy atom. The molecule has 0 fully saturated rings. The predicted octanol–water partition coefficient (Wildman–Crippen LogP) is 12.3. The summed E-state index contributed by atoms with van der Waals surface area (Å²) in [7, 11) is 0. The van der Waals surface area contributed by atoms with Gasteiger partial charge >= 0.3 is 0 Å². The highest BCUT2D eigenvalue weighted by Gasteiger charge is 2.51. The molecule has 0 unspecified atom stereocenters. The smallest absolute Gasteiger partial charge is 0.160 e. The first kappa shape index (κ1) is 28.5. The van der Waals surface area contributed by atoms with Crippen LogP contribution in [-0.4, -0.2) is 9.97 Å². The predicted molar refractivity (Wildman–Crippen MR) is 209 cm³/mol. The maximum absolute atomic E-state index is 6.66. The van der Waals surface area contributed by atoms with Gasteiger partial charge in [0, 0.05) is 32.3 Å². The van der Waals surface area contributed by atoms with Crippen molar-refractivity contribution in [3.05, 3.63) is 192 Å². The van der Waals surface area contributed by atoms with Crippen molar-refractivity contribution in [1.82, 2.24) is 9.97 Å². The topological polar surface area (TPSA) is 35.0 Å². The number of ether oxygens (including phenoxy) is 1. The SMILES string of the molecule is c1ccc(-c2ccc3c(c2)C2(c4ccccc4Oc4ccccc42)c2cc(-c4nc(-c5ccccc5)nc5c4sc4ccccc45)ccc2-3)cc1. The third-order valence-corrected chi connectivity index (χ3v) is 11.7. The molecule has 0 saturated carbocycles. The molecular formula is C47H28N2OS. The molecule has 11 rings (SSSR count). The van der Waals surface area contributed by atoms with Gasteiger partial charge in [-0.1, -0.05) is 140 Å². The Hall–Kier alpha value is -6.36. The van der Waals surface area contributed by atoms with E-state index < -0.39 is 5.41 Å². The van der Waals surface area contributed by atoms with Crippen LogP contribution in [0.1, 0.15) is 22.3 Å². The van der Waals surface area contributed by atoms with Gasteiger partial charge in [0.05, 0.1) is 21.3 Å². The van der Waals surface area contributed by atoms with E-state index in [4.69, 9.17) is 14.7 Å². The molecule has 0 atom stereocenters. The molecule has 0 saturated heterocycles. The first-order valence-corrected chi connectivity index (χ1v) is 18.1. The molecular weight excluding hydrogens is 641 g/mol. The summed E-state index contributed by atoms with van der Waals surface area (Å²) in [4.78, 5) is 10.6. The van der Waals surface area contributed by atoms with Gasteiger partial charge in [0.1, 0.15) is 11.5 Å². The van der Waals surface area contributed by atoms with Gasteiger partial charge in [-0.25, -0.2) is 9.97 Å². The van der Waals surface area contributed by atoms with Crippen LogP contribution < -0.4 is 4.74 Å². The Morgan fingerprint density at radius 2 is 1.02 bits per heavy atom. The van der Waals surface area contributed by atoms with Crippen molar-refractivity contribution in [3.63, 3.8) is 0 Å². The number of rotatable bonds is 3. The van der Waals surface area contributed by atoms with Crippen LogP contribution in [0.4, 0.5) is 0 Å². The fraction of sp³-hybridized carbons (Fsp3) is 0.0213. The van der Waals surface area contributed by atoms with Crippen molar-refractivity contribution in [1.29, 1.82) is 0 Å². The van der Waals surface area contributed by atoms with E-state index in [2.05, 4.69) is 164 Å². The van der Waals surface area contributed by atoms with E-state index in [1.807, 2.05) is 6.07 Å². The van der Waals surface area contributed by atoms with E-state index in [1.54, 1.807) is 11.3 Å². The third-order valence-electron chi connectivity index (χ3n) is 10.6. The molecule has 4 heteroatoms. The normalized spacial score (nSPS) is 13.4. The average Bonchev–Trinajstić information content (AvgIpc) is 3.72. The zero-order valence-electron chi connectivity index (χ0n) is 27.4. The minimum atomic E-state index is -0.606. The average molecular weight is 669 g/mol. The summed E-state index contributed by atoms with van der Waals surface area (Å²) in [6, 6.07) is 60.6. The molecule has 1 spiro atoms. The molecule has 0 radical (unpaired) electrons. The molecule has 238 valence electrons. The number of fused-ring (bicyclic) bond motifs is 12. The largest absolute Gasteiger partial charge is 0.457 e. The van der Waals surface area contributed by atoms with Crippen LogP contribution in [0.5, 0.6) is 11.5 Å². The first-order chi connectivity index (χ1) is 25.3. The lowest BCUT2D eigenvalue weighted by molar-refractivity contribution is 0.436. The number of para-hydroxylation sites is 2. The van der Waals surface area contributed by atoms with Crippen LogP contribution >= 0.6 is 11.3 Å². The summed E-state index contributed by atoms with van der Waals surface area (Å²) in [6.45, 7) is 0. The number of thiophene rings is 1. The van der Waals surface area contributed by atoms with Gasteiger partial charge in [-0.2, -0.15) is 0 Å². The Morgan fingerprint density at radius 1 is 0.451 bits per heavy atom. The molecule has 0 bridgehead atoms. The van der Waals surface area contributed by atoms with E-state index in [9.17, 15) is 0 Å². The van der Waals surface area contributed by atoms with Gasteiger partial charge in [0.15, 0.2) is 5.82 Å². The third kappa shape index (κ3) is 4.05. The highest BCUT2D eigenvalue weighted by Crippen LogP contribution is 2.63. The summed E-state index contributed by atoms with van der Waals surface area (Å²) in [6.07, 6.45) is 0. The van der Waals surface area contributed by atoms with Crippen LogP contribution in [-0.2, 0) is 5.41 Å². The second-order valence-electron chi connectivity index (χ2n) is 13.3. The number of hydrogen-bond acceptors (Lipinski definition) is 4. The summed E-state index contributed by atoms with van der Waals surface area (Å²) in [5, 5.41) is 1.16. The summed E-state index contributed by atoms with van der Waals surface area (Å²) in [5.74, 6) is 2.49. The molecule has 1 aliphatic carbocycles. The minimum Gasteiger partial charge on any atom is -0.457 e. The lowest BCUT2D eigenvalue weighted by Crippen LogP contribution is -2.32. The van der Waals surface area contributed by atoms with Crippen molar-refractivity contribution in [3.8, 4) is 56.4 Å². The van der Waals surface area contributed by atoms with Gasteiger partial charge in [-0.15, -0.1) is 11.3 Å². The van der Waals surface area contributed by atoms with Crippen LogP contribution in [0.2, 0.25) is 0 Å². The molecule has 0 N–H and O–H groups in total. The van der Waals surface area contributed by atoms with Gasteiger partial charge in [0.2, 0.25) is 0 Å². The fourth-order valence-electron chi connectivity index (χ4n) is 8.36. The van der Waals surface area contributed by atoms with Crippen molar-refractivity contribution in [2.24, 2.45) is 0 Å². The number of hydrogen-bond donors (Lipinski definition) is 0. The Bertz CT molecular complexity index is 2790. The van der Waals surface area contributed by atoms with E-state index in [-0.39, 0.29) is 0 Å². The molecule has 2 aliphatic rings. The van der Waals surface area contributed by atoms with Crippen LogP contribution in [0.25, 0.3) is 65.2 Å². The number of aromatic nitrogens is 2. The molecule has 0 amide bonds. The van der Waals surface area contributed by atoms with E-state index in [0.29, 0.717) is 0 Å². The Balaban J connectivity index is 1.24. The summed E-state index contributed by atoms with van der Waals surface area (Å²) >= 11 is 1.77. The molecule has 1 aliphatic heterocycles. The Labute approximate surface area is 299 Å². The molecule has 3 nitrogen and oxygen atoms in total. The van der Waals surface area contributed by atoms with E-state index in [1.165, 1.54) is 38.1 Å². The van der Waals surface area contributed by atoms with Crippen LogP contribution in [0.15, 0.2) is 170 Å². The van der Waals surface area contributed by atoms with Crippen molar-refractivity contribution < 1.29 is 4.74 Å². The summed E-state index contributed by atoms with van der Waals surface area (Å²) < 4.78 is 8.97. The van der Waals surface area contributed by atoms with Gasteiger partial charge in [-0.05, 0) is 63.7 Å². The highest BCUT2D eigenvalue weighted by atomic mass is 32.1. The first-order valence-electron chi connectivity index (χ1n) is 17.2. The standard InChI is InChI=1S/C47H28N2OS/c1-3-13-29(14-4-1)31-23-25-33-34-26-24-32(43-45-44(35-17-7-12-22-42(35)51-45)49-46(48-43)30-15-5-2-6-16-30)28-39(34)47(38(33)27-31)36-18-8-10-20-40(36)50-41-21-11-9-19-37(41)47/h1-28H. The van der Waals surface area contributed by atoms with Crippen molar-refractivity contribution >= 4 is 31.6 Å². The maximum Gasteiger partial charge on any atom is 0.160 e. The molecule has 3 heterocycles. The monoisotopic (exact) mass is 668 g/mol. The Kier molecular flexibility index (Phi) is 6.04.